The fourth-order valence-corrected chi connectivity index (χ4v) is 2.33. The first kappa shape index (κ1) is 15.4. The molecule has 106 valence electrons. The number of urea groups is 1. The average molecular weight is 285 g/mol. The Morgan fingerprint density at radius 3 is 2.37 bits per heavy atom. The topological polar surface area (TPSA) is 91.3 Å². The number of amides is 2. The van der Waals surface area contributed by atoms with E-state index in [1.54, 1.807) is 13.8 Å². The zero-order valence-corrected chi connectivity index (χ0v) is 12.2. The van der Waals surface area contributed by atoms with E-state index in [1.807, 2.05) is 19.2 Å². The van der Waals surface area contributed by atoms with Crippen LogP contribution in [0, 0.1) is 12.8 Å². The van der Waals surface area contributed by atoms with Crippen molar-refractivity contribution >= 4 is 23.3 Å². The summed E-state index contributed by atoms with van der Waals surface area (Å²) in [5.74, 6) is -1.22. The van der Waals surface area contributed by atoms with E-state index in [4.69, 9.17) is 5.11 Å². The molecule has 0 saturated carbocycles. The zero-order chi connectivity index (χ0) is 14.6. The summed E-state index contributed by atoms with van der Waals surface area (Å²) in [5.41, 5.74) is 0.902. The Balaban J connectivity index is 2.57. The van der Waals surface area contributed by atoms with E-state index in [0.717, 1.165) is 10.7 Å². The highest BCUT2D eigenvalue weighted by atomic mass is 32.1. The summed E-state index contributed by atoms with van der Waals surface area (Å²) in [6, 6.07) is -1.65. The molecule has 1 aromatic heterocycles. The molecule has 2 atom stereocenters. The Kier molecular flexibility index (Phi) is 5.29. The maximum Gasteiger partial charge on any atom is 0.326 e. The number of hydrogen-bond acceptors (Lipinski definition) is 4. The fraction of sp³-hybridized carbons (Fsp3) is 0.583. The molecule has 0 radical (unpaired) electrons. The van der Waals surface area contributed by atoms with Crippen LogP contribution in [0.1, 0.15) is 37.5 Å². The number of nitrogens with one attached hydrogen (secondary N) is 2. The van der Waals surface area contributed by atoms with Crippen LogP contribution >= 0.6 is 11.3 Å². The van der Waals surface area contributed by atoms with Crippen LogP contribution in [0.2, 0.25) is 0 Å². The van der Waals surface area contributed by atoms with Crippen LogP contribution < -0.4 is 10.6 Å². The molecule has 0 bridgehead atoms. The van der Waals surface area contributed by atoms with Gasteiger partial charge in [0.05, 0.1) is 6.04 Å². The van der Waals surface area contributed by atoms with Crippen LogP contribution in [-0.2, 0) is 4.79 Å². The van der Waals surface area contributed by atoms with Crippen molar-refractivity contribution in [2.24, 2.45) is 5.92 Å². The lowest BCUT2D eigenvalue weighted by molar-refractivity contribution is -0.140. The second-order valence-corrected chi connectivity index (χ2v) is 5.62. The van der Waals surface area contributed by atoms with Gasteiger partial charge < -0.3 is 15.7 Å². The van der Waals surface area contributed by atoms with Crippen LogP contribution in [0.5, 0.6) is 0 Å². The monoisotopic (exact) mass is 285 g/mol. The normalized spacial score (nSPS) is 13.9. The summed E-state index contributed by atoms with van der Waals surface area (Å²) < 4.78 is 0. The van der Waals surface area contributed by atoms with E-state index in [9.17, 15) is 9.59 Å². The minimum Gasteiger partial charge on any atom is -0.480 e. The predicted octanol–water partition coefficient (Wildman–Crippen LogP) is 1.92. The molecule has 0 aliphatic heterocycles. The van der Waals surface area contributed by atoms with Crippen molar-refractivity contribution in [1.82, 2.24) is 15.6 Å². The third kappa shape index (κ3) is 4.51. The van der Waals surface area contributed by atoms with Crippen LogP contribution in [0.25, 0.3) is 0 Å². The maximum atomic E-state index is 11.7. The summed E-state index contributed by atoms with van der Waals surface area (Å²) in [6.07, 6.45) is 0. The number of rotatable bonds is 5. The number of nitrogens with zero attached hydrogens (tertiary/aromatic N) is 1. The van der Waals surface area contributed by atoms with Gasteiger partial charge in [0.15, 0.2) is 0 Å². The number of aryl methyl sites for hydroxylation is 1. The van der Waals surface area contributed by atoms with Crippen LogP contribution in [0.3, 0.4) is 0 Å². The number of carboxylic acid groups (broad SMARTS) is 1. The van der Waals surface area contributed by atoms with Crippen molar-refractivity contribution in [3.63, 3.8) is 0 Å². The van der Waals surface area contributed by atoms with Crippen LogP contribution in [-0.4, -0.2) is 28.1 Å². The highest BCUT2D eigenvalue weighted by molar-refractivity contribution is 7.09. The lowest BCUT2D eigenvalue weighted by Gasteiger charge is -2.19. The van der Waals surface area contributed by atoms with Crippen molar-refractivity contribution in [1.29, 1.82) is 0 Å². The summed E-state index contributed by atoms with van der Waals surface area (Å²) in [4.78, 5) is 27.0. The minimum atomic E-state index is -1.04. The smallest absolute Gasteiger partial charge is 0.326 e. The van der Waals surface area contributed by atoms with Gasteiger partial charge in [-0.05, 0) is 19.8 Å². The number of aromatic nitrogens is 1. The molecule has 0 aliphatic carbocycles. The Morgan fingerprint density at radius 2 is 1.95 bits per heavy atom. The number of thiazole rings is 1. The molecule has 1 heterocycles. The van der Waals surface area contributed by atoms with Gasteiger partial charge in [-0.3, -0.25) is 0 Å². The quantitative estimate of drug-likeness (QED) is 0.770. The van der Waals surface area contributed by atoms with Crippen LogP contribution in [0.4, 0.5) is 4.79 Å². The lowest BCUT2D eigenvalue weighted by atomic mass is 10.1. The molecule has 3 N–H and O–H groups in total. The largest absolute Gasteiger partial charge is 0.480 e. The molecule has 1 rings (SSSR count). The van der Waals surface area contributed by atoms with Gasteiger partial charge in [-0.1, -0.05) is 13.8 Å². The first-order valence-electron chi connectivity index (χ1n) is 6.03. The summed E-state index contributed by atoms with van der Waals surface area (Å²) >= 11 is 1.46. The molecule has 0 aromatic carbocycles. The number of hydrogen-bond donors (Lipinski definition) is 3. The molecular weight excluding hydrogens is 266 g/mol. The molecule has 1 aromatic rings. The van der Waals surface area contributed by atoms with E-state index in [2.05, 4.69) is 15.6 Å². The Hall–Kier alpha value is -1.63. The van der Waals surface area contributed by atoms with Crippen molar-refractivity contribution in [2.75, 3.05) is 0 Å². The van der Waals surface area contributed by atoms with Crippen molar-refractivity contribution in [2.45, 2.75) is 39.8 Å². The number of carboxylic acids is 1. The van der Waals surface area contributed by atoms with Crippen LogP contribution in [0.15, 0.2) is 5.38 Å². The molecule has 2 amide bonds. The van der Waals surface area contributed by atoms with Crippen molar-refractivity contribution < 1.29 is 14.7 Å². The summed E-state index contributed by atoms with van der Waals surface area (Å²) in [5, 5.41) is 16.8. The van der Waals surface area contributed by atoms with E-state index >= 15 is 0 Å². The molecule has 7 heteroatoms. The van der Waals surface area contributed by atoms with Gasteiger partial charge in [0.1, 0.15) is 11.0 Å². The molecule has 0 fully saturated rings. The van der Waals surface area contributed by atoms with Gasteiger partial charge in [-0.15, -0.1) is 11.3 Å². The minimum absolute atomic E-state index is 0.180. The van der Waals surface area contributed by atoms with Gasteiger partial charge in [0, 0.05) is 11.1 Å². The molecule has 6 nitrogen and oxygen atoms in total. The van der Waals surface area contributed by atoms with Gasteiger partial charge in [0.25, 0.3) is 0 Å². The molecular formula is C12H19N3O3S. The Labute approximate surface area is 116 Å². The molecule has 0 saturated heterocycles. The lowest BCUT2D eigenvalue weighted by Crippen LogP contribution is -2.49. The number of carbonyl (C=O) groups is 2. The number of carbonyl (C=O) groups excluding carboxylic acids is 1. The standard InChI is InChI=1S/C12H19N3O3S/c1-6(2)9(11(16)17)15-12(18)14-8(4)10-13-7(3)5-19-10/h5-6,8-9H,1-4H3,(H,16,17)(H2,14,15,18). The summed E-state index contributed by atoms with van der Waals surface area (Å²) in [7, 11) is 0. The van der Waals surface area contributed by atoms with Gasteiger partial charge in [-0.2, -0.15) is 0 Å². The fourth-order valence-electron chi connectivity index (χ4n) is 1.53. The van der Waals surface area contributed by atoms with Gasteiger partial charge >= 0.3 is 12.0 Å². The highest BCUT2D eigenvalue weighted by Crippen LogP contribution is 2.17. The second kappa shape index (κ2) is 6.51. The van der Waals surface area contributed by atoms with E-state index in [-0.39, 0.29) is 12.0 Å². The van der Waals surface area contributed by atoms with Crippen molar-refractivity contribution in [3.8, 4) is 0 Å². The highest BCUT2D eigenvalue weighted by Gasteiger charge is 2.24. The predicted molar refractivity (Wildman–Crippen MR) is 73.2 cm³/mol. The third-order valence-electron chi connectivity index (χ3n) is 2.57. The SMILES string of the molecule is Cc1csc(C(C)NC(=O)NC(C(=O)O)C(C)C)n1. The first-order chi connectivity index (χ1) is 8.81. The summed E-state index contributed by atoms with van der Waals surface area (Å²) in [6.45, 7) is 7.17. The molecule has 0 aliphatic rings. The number of aliphatic carboxylic acids is 1. The second-order valence-electron chi connectivity index (χ2n) is 4.73. The zero-order valence-electron chi connectivity index (χ0n) is 11.4. The Bertz CT molecular complexity index is 459. The molecule has 2 unspecified atom stereocenters. The average Bonchev–Trinajstić information content (AvgIpc) is 2.72. The molecule has 0 spiro atoms. The van der Waals surface area contributed by atoms with Crippen molar-refractivity contribution in [3.05, 3.63) is 16.1 Å². The van der Waals surface area contributed by atoms with Gasteiger partial charge in [0.2, 0.25) is 0 Å². The van der Waals surface area contributed by atoms with Gasteiger partial charge in [-0.25, -0.2) is 14.6 Å². The molecule has 19 heavy (non-hydrogen) atoms. The van der Waals surface area contributed by atoms with E-state index in [1.165, 1.54) is 11.3 Å². The Morgan fingerprint density at radius 1 is 1.32 bits per heavy atom. The maximum absolute atomic E-state index is 11.7. The third-order valence-corrected chi connectivity index (χ3v) is 3.72. The first-order valence-corrected chi connectivity index (χ1v) is 6.91. The van der Waals surface area contributed by atoms with E-state index in [0.29, 0.717) is 0 Å². The van der Waals surface area contributed by atoms with E-state index < -0.39 is 18.0 Å².